The number of aryl methyl sites for hydroxylation is 1. The van der Waals surface area contributed by atoms with Crippen LogP contribution in [0, 0.1) is 264 Å². The first-order valence-corrected chi connectivity index (χ1v) is 32.7. The second kappa shape index (κ2) is 10.6. The van der Waals surface area contributed by atoms with Crippen molar-refractivity contribution in [2.24, 2.45) is 0 Å². The molecule has 0 saturated heterocycles. The standard InChI is InChI=1S/C12H6S.6Ra.6H/c1-9-7-8-12(13-2)11-6-4-3-5-10(9)11;;;;;;;;;;;;/h1-2H3;;;;;;;;;;;;. The van der Waals surface area contributed by atoms with Gasteiger partial charge in [-0.1, -0.05) is 0 Å². The zero-order chi connectivity index (χ0) is 14.5. The number of hydrogen-bond acceptors (Lipinski definition) is 1. The molecule has 7 heteroatoms. The van der Waals surface area contributed by atoms with Crippen molar-refractivity contribution in [2.75, 3.05) is 6.26 Å². The van der Waals surface area contributed by atoms with E-state index in [0.717, 1.165) is 0 Å². The molecule has 0 radical (unpaired) electrons. The van der Waals surface area contributed by atoms with E-state index in [2.05, 4.69) is 24.9 Å². The molecular weight excluding hydrogens is 1530 g/mol. The summed E-state index contributed by atoms with van der Waals surface area (Å²) in [5.41, 5.74) is 1.77. The fourth-order valence-corrected chi connectivity index (χ4v) is 42.4. The first-order valence-electron chi connectivity index (χ1n) is 6.86. The first kappa shape index (κ1) is 23.1. The van der Waals surface area contributed by atoms with Crippen LogP contribution in [0.3, 0.4) is 0 Å². The van der Waals surface area contributed by atoms with Crippen LogP contribution in [0.1, 0.15) is 5.56 Å². The number of rotatable bonds is 1. The number of hydrogen-bond donors (Lipinski definition) is 0. The van der Waals surface area contributed by atoms with Gasteiger partial charge in [-0.3, -0.25) is 0 Å². The Balaban J connectivity index is 3.21. The zero-order valence-corrected chi connectivity index (χ0v) is 63.5. The maximum atomic E-state index is 2.47. The van der Waals surface area contributed by atoms with E-state index in [-0.39, 0.29) is 0 Å². The van der Waals surface area contributed by atoms with Gasteiger partial charge in [0.1, 0.15) is 0 Å². The second-order valence-electron chi connectivity index (χ2n) is 5.66. The molecule has 0 nitrogen and oxygen atoms in total. The van der Waals surface area contributed by atoms with Crippen molar-refractivity contribution in [2.45, 2.75) is 11.8 Å². The summed E-state index contributed by atoms with van der Waals surface area (Å²) in [4.78, 5) is 1.78. The van der Waals surface area contributed by atoms with Gasteiger partial charge >= 0.3 is 307 Å². The molecule has 0 spiro atoms. The Hall–Kier alpha value is 7.86. The van der Waals surface area contributed by atoms with Gasteiger partial charge in [-0.2, -0.15) is 0 Å². The van der Waals surface area contributed by atoms with Crippen molar-refractivity contribution in [1.29, 1.82) is 0 Å². The van der Waals surface area contributed by atoms with Gasteiger partial charge in [-0.05, 0) is 0 Å². The van der Waals surface area contributed by atoms with Crippen LogP contribution in [-0.4, -0.2) is 6.26 Å². The predicted molar refractivity (Wildman–Crippen MR) is 66.6 cm³/mol. The molecule has 0 atom stereocenters. The first-order chi connectivity index (χ1) is 8.82. The Labute approximate surface area is 295 Å². The fourth-order valence-electron chi connectivity index (χ4n) is 3.15. The van der Waals surface area contributed by atoms with E-state index in [9.17, 15) is 0 Å². The SMILES string of the molecule is CSc1[c]([RaH])[c]([RaH])c(C)c2[c]([RaH])[c]([RaH])[c]([RaH])[c]([RaH])c12. The Morgan fingerprint density at radius 3 is 1.58 bits per heavy atom. The normalized spacial score (nSPS) is 10.7. The molecule has 0 fully saturated rings. The van der Waals surface area contributed by atoms with Crippen LogP contribution >= 0.6 is 11.8 Å². The van der Waals surface area contributed by atoms with Gasteiger partial charge in [0.2, 0.25) is 0 Å². The summed E-state index contributed by atoms with van der Waals surface area (Å²) >= 11 is 5.36. The van der Waals surface area contributed by atoms with E-state index in [4.69, 9.17) is 0 Å². The molecule has 0 aliphatic carbocycles. The van der Waals surface area contributed by atoms with Gasteiger partial charge in [-0.25, -0.2) is 0 Å². The topological polar surface area (TPSA) is 0 Å². The number of benzene rings is 2. The third-order valence-electron chi connectivity index (χ3n) is 4.96. The average molecular weight is 1540 g/mol. The molecule has 0 N–H and O–H groups in total. The average Bonchev–Trinajstić information content (AvgIpc) is 2.40. The van der Waals surface area contributed by atoms with E-state index in [1.807, 2.05) is 14.4 Å². The van der Waals surface area contributed by atoms with Gasteiger partial charge in [0.15, 0.2) is 0 Å². The monoisotopic (exact) mass is 1540 g/mol. The summed E-state index contributed by atoms with van der Waals surface area (Å²) in [6, 6.07) is 0. The molecule has 0 amide bonds. The van der Waals surface area contributed by atoms with Gasteiger partial charge in [0, 0.05) is 0 Å². The Kier molecular flexibility index (Phi) is 12.9. The van der Waals surface area contributed by atoms with Gasteiger partial charge < -0.3 is 0 Å². The van der Waals surface area contributed by atoms with Crippen LogP contribution in [0.2, 0.25) is 0 Å². The summed E-state index contributed by atoms with van der Waals surface area (Å²) in [5, 5.41) is 3.66. The molecule has 0 aliphatic rings. The third-order valence-corrected chi connectivity index (χ3v) is 109. The second-order valence-corrected chi connectivity index (χ2v) is 31.1. The molecule has 78 valence electrons. The molecule has 0 bridgehead atoms. The number of fused-ring (bicyclic) bond motifs is 1. The fraction of sp³-hybridized carbons (Fsp3) is 0.167. The summed E-state index contributed by atoms with van der Waals surface area (Å²) in [5.74, 6) is 0. The Morgan fingerprint density at radius 2 is 1.11 bits per heavy atom. The van der Waals surface area contributed by atoms with Crippen LogP contribution in [0.25, 0.3) is 10.8 Å². The maximum absolute atomic E-state index is 2.47. The van der Waals surface area contributed by atoms with Crippen LogP contribution in [-0.2, 0) is 0 Å². The molecule has 2 aromatic carbocycles. The van der Waals surface area contributed by atoms with Crippen molar-refractivity contribution in [3.8, 4) is 0 Å². The number of thioether (sulfide) groups is 1. The Morgan fingerprint density at radius 1 is 0.632 bits per heavy atom. The summed E-state index contributed by atoms with van der Waals surface area (Å²) in [6.07, 6.45) is 2.33. The third kappa shape index (κ3) is 5.07. The van der Waals surface area contributed by atoms with Crippen LogP contribution < -0.4 is 3.63 Å². The summed E-state index contributed by atoms with van der Waals surface area (Å²) in [6.45, 7) is 2.47. The van der Waals surface area contributed by atoms with Crippen LogP contribution in [0.15, 0.2) is 4.90 Å². The van der Waals surface area contributed by atoms with Crippen LogP contribution in [0.5, 0.6) is 0 Å². The van der Waals surface area contributed by atoms with E-state index in [1.54, 1.807) is 10.5 Å². The minimum atomic E-state index is 0.521. The molecule has 0 aromatic heterocycles. The molecule has 0 aliphatic heterocycles. The summed E-state index contributed by atoms with van der Waals surface area (Å²) < 4.78 is 11.6. The minimum absolute atomic E-state index is 0.521. The van der Waals surface area contributed by atoms with E-state index in [1.165, 1.54) is 0 Å². The van der Waals surface area contributed by atoms with E-state index >= 15 is 0 Å². The molecule has 0 heterocycles. The van der Waals surface area contributed by atoms with Crippen molar-refractivity contribution >= 4 is 26.2 Å². The van der Waals surface area contributed by atoms with Gasteiger partial charge in [0.05, 0.1) is 0 Å². The quantitative estimate of drug-likeness (QED) is 0.281. The van der Waals surface area contributed by atoms with Gasteiger partial charge in [-0.15, -0.1) is 0 Å². The predicted octanol–water partition coefficient (Wildman–Crippen LogP) is -2.69. The van der Waals surface area contributed by atoms with E-state index < -0.39 is 0 Å². The zero-order valence-electron chi connectivity index (χ0n) is 13.4. The molecular formula is C12H12Ra6S. The Bertz CT molecular complexity index is 687. The summed E-state index contributed by atoms with van der Waals surface area (Å²) in [7, 11) is 0. The van der Waals surface area contributed by atoms with Gasteiger partial charge in [0.25, 0.3) is 0 Å². The van der Waals surface area contributed by atoms with E-state index in [0.29, 0.717) is 257 Å². The molecule has 0 saturated carbocycles. The molecule has 0 unspecified atom stereocenters. The molecule has 19 heavy (non-hydrogen) atoms. The van der Waals surface area contributed by atoms with Crippen molar-refractivity contribution < 1.29 is 257 Å². The van der Waals surface area contributed by atoms with Crippen LogP contribution in [0.4, 0.5) is 0 Å². The van der Waals surface area contributed by atoms with Crippen molar-refractivity contribution in [3.05, 3.63) is 5.56 Å². The molecule has 2 aromatic rings. The molecule has 2 rings (SSSR count). The van der Waals surface area contributed by atoms with Crippen molar-refractivity contribution in [1.82, 2.24) is 0 Å². The van der Waals surface area contributed by atoms with Crippen molar-refractivity contribution in [3.63, 3.8) is 0 Å².